The molecule has 126 valence electrons. The molecule has 7 heteroatoms. The van der Waals surface area contributed by atoms with Crippen molar-refractivity contribution >= 4 is 33.8 Å². The lowest BCUT2D eigenvalue weighted by atomic mass is 10.1. The van der Waals surface area contributed by atoms with Gasteiger partial charge in [0.1, 0.15) is 4.21 Å². The van der Waals surface area contributed by atoms with Crippen LogP contribution in [0.3, 0.4) is 0 Å². The van der Waals surface area contributed by atoms with E-state index in [0.717, 1.165) is 32.5 Å². The zero-order valence-corrected chi connectivity index (χ0v) is 15.2. The van der Waals surface area contributed by atoms with Crippen LogP contribution < -0.4 is 4.72 Å². The van der Waals surface area contributed by atoms with Crippen molar-refractivity contribution in [3.8, 4) is 0 Å². The van der Waals surface area contributed by atoms with Crippen molar-refractivity contribution in [2.75, 3.05) is 13.1 Å². The van der Waals surface area contributed by atoms with Crippen molar-refractivity contribution < 1.29 is 8.42 Å². The van der Waals surface area contributed by atoms with Gasteiger partial charge >= 0.3 is 0 Å². The molecule has 1 N–H and O–H groups in total. The van der Waals surface area contributed by atoms with Crippen molar-refractivity contribution in [1.29, 1.82) is 0 Å². The molecule has 0 saturated carbocycles. The second kappa shape index (κ2) is 8.26. The highest BCUT2D eigenvalue weighted by atomic mass is 35.5. The van der Waals surface area contributed by atoms with Crippen LogP contribution in [0.5, 0.6) is 0 Å². The zero-order valence-electron chi connectivity index (χ0n) is 12.7. The molecule has 4 nitrogen and oxygen atoms in total. The predicted octanol–water partition coefficient (Wildman–Crippen LogP) is 3.11. The summed E-state index contributed by atoms with van der Waals surface area (Å²) in [4.78, 5) is 2.38. The number of thiophene rings is 1. The third kappa shape index (κ3) is 5.02. The van der Waals surface area contributed by atoms with E-state index in [1.807, 2.05) is 6.07 Å². The topological polar surface area (TPSA) is 49.4 Å². The third-order valence-corrected chi connectivity index (χ3v) is 6.84. The molecule has 0 unspecified atom stereocenters. The van der Waals surface area contributed by atoms with Gasteiger partial charge in [-0.1, -0.05) is 36.4 Å². The first-order chi connectivity index (χ1) is 10.6. The van der Waals surface area contributed by atoms with E-state index in [0.29, 0.717) is 4.21 Å². The van der Waals surface area contributed by atoms with Crippen molar-refractivity contribution in [1.82, 2.24) is 9.62 Å². The summed E-state index contributed by atoms with van der Waals surface area (Å²) in [7, 11) is -3.34. The molecule has 1 saturated heterocycles. The Morgan fingerprint density at radius 1 is 1.09 bits per heavy atom. The largest absolute Gasteiger partial charge is 0.299 e. The summed E-state index contributed by atoms with van der Waals surface area (Å²) in [5.41, 5.74) is 1.31. The van der Waals surface area contributed by atoms with E-state index >= 15 is 0 Å². The fourth-order valence-corrected chi connectivity index (χ4v) is 5.06. The van der Waals surface area contributed by atoms with Gasteiger partial charge in [-0.15, -0.1) is 23.7 Å². The highest BCUT2D eigenvalue weighted by molar-refractivity contribution is 7.91. The number of likely N-dealkylation sites (tertiary alicyclic amines) is 1. The fourth-order valence-electron chi connectivity index (χ4n) is 2.74. The first-order valence-corrected chi connectivity index (χ1v) is 9.82. The van der Waals surface area contributed by atoms with Gasteiger partial charge in [-0.3, -0.25) is 4.90 Å². The van der Waals surface area contributed by atoms with E-state index in [2.05, 4.69) is 33.9 Å². The molecule has 2 heterocycles. The maximum atomic E-state index is 12.2. The summed E-state index contributed by atoms with van der Waals surface area (Å²) in [6.45, 7) is 2.78. The van der Waals surface area contributed by atoms with Crippen LogP contribution in [0.1, 0.15) is 18.4 Å². The number of hydrogen-bond donors (Lipinski definition) is 1. The first-order valence-electron chi connectivity index (χ1n) is 7.45. The van der Waals surface area contributed by atoms with Gasteiger partial charge in [0.15, 0.2) is 0 Å². The van der Waals surface area contributed by atoms with Gasteiger partial charge in [-0.25, -0.2) is 13.1 Å². The maximum absolute atomic E-state index is 12.2. The van der Waals surface area contributed by atoms with Gasteiger partial charge in [0.05, 0.1) is 0 Å². The second-order valence-electron chi connectivity index (χ2n) is 5.59. The van der Waals surface area contributed by atoms with Crippen LogP contribution in [0.15, 0.2) is 52.1 Å². The van der Waals surface area contributed by atoms with Gasteiger partial charge in [-0.05, 0) is 29.9 Å². The summed E-state index contributed by atoms with van der Waals surface area (Å²) in [6.07, 6.45) is 1.72. The van der Waals surface area contributed by atoms with Gasteiger partial charge < -0.3 is 0 Å². The van der Waals surface area contributed by atoms with Gasteiger partial charge in [-0.2, -0.15) is 0 Å². The number of sulfonamides is 1. The average Bonchev–Trinajstić information content (AvgIpc) is 3.05. The van der Waals surface area contributed by atoms with E-state index in [4.69, 9.17) is 0 Å². The highest BCUT2D eigenvalue weighted by Crippen LogP contribution is 2.19. The predicted molar refractivity (Wildman–Crippen MR) is 96.6 cm³/mol. The molecule has 1 aromatic carbocycles. The van der Waals surface area contributed by atoms with Crippen LogP contribution in [0.2, 0.25) is 0 Å². The molecule has 0 bridgehead atoms. The molecule has 2 aromatic rings. The molecule has 3 rings (SSSR count). The monoisotopic (exact) mass is 372 g/mol. The third-order valence-electron chi connectivity index (χ3n) is 3.92. The minimum absolute atomic E-state index is 0. The molecule has 0 amide bonds. The normalized spacial score (nSPS) is 16.9. The quantitative estimate of drug-likeness (QED) is 0.877. The van der Waals surface area contributed by atoms with E-state index < -0.39 is 10.0 Å². The van der Waals surface area contributed by atoms with Crippen LogP contribution in [0.4, 0.5) is 0 Å². The number of nitrogens with zero attached hydrogens (tertiary/aromatic N) is 1. The molecule has 0 spiro atoms. The van der Waals surface area contributed by atoms with Crippen LogP contribution in [0, 0.1) is 0 Å². The number of benzene rings is 1. The van der Waals surface area contributed by atoms with E-state index in [1.165, 1.54) is 16.9 Å². The standard InChI is InChI=1S/C16H20N2O2S2.ClH/c19-22(20,16-7-4-12-21-16)17-15-8-10-18(11-9-15)13-14-5-2-1-3-6-14;/h1-7,12,15,17H,8-11,13H2;1H. The van der Waals surface area contributed by atoms with Gasteiger partial charge in [0, 0.05) is 25.7 Å². The number of halogens is 1. The molecule has 1 fully saturated rings. The van der Waals surface area contributed by atoms with E-state index in [-0.39, 0.29) is 18.4 Å². The summed E-state index contributed by atoms with van der Waals surface area (Å²) < 4.78 is 27.7. The Kier molecular flexibility index (Phi) is 6.61. The van der Waals surface area contributed by atoms with Crippen molar-refractivity contribution in [3.63, 3.8) is 0 Å². The molecule has 0 aliphatic carbocycles. The lowest BCUT2D eigenvalue weighted by Crippen LogP contribution is -2.44. The van der Waals surface area contributed by atoms with Gasteiger partial charge in [0.2, 0.25) is 10.0 Å². The summed E-state index contributed by atoms with van der Waals surface area (Å²) in [6, 6.07) is 13.8. The minimum atomic E-state index is -3.34. The Labute approximate surface area is 148 Å². The Hall–Kier alpha value is -0.920. The molecule has 1 aliphatic rings. The molecule has 1 aliphatic heterocycles. The number of hydrogen-bond acceptors (Lipinski definition) is 4. The number of nitrogens with one attached hydrogen (secondary N) is 1. The van der Waals surface area contributed by atoms with Crippen molar-refractivity contribution in [2.45, 2.75) is 29.6 Å². The second-order valence-corrected chi connectivity index (χ2v) is 8.48. The molecule has 0 radical (unpaired) electrons. The molecular weight excluding hydrogens is 352 g/mol. The number of piperidine rings is 1. The lowest BCUT2D eigenvalue weighted by molar-refractivity contribution is 0.200. The summed E-state index contributed by atoms with van der Waals surface area (Å²) >= 11 is 1.26. The van der Waals surface area contributed by atoms with Crippen LogP contribution in [0.25, 0.3) is 0 Å². The average molecular weight is 373 g/mol. The Balaban J connectivity index is 0.00000192. The van der Waals surface area contributed by atoms with E-state index in [1.54, 1.807) is 17.5 Å². The highest BCUT2D eigenvalue weighted by Gasteiger charge is 2.25. The number of rotatable bonds is 5. The van der Waals surface area contributed by atoms with Crippen molar-refractivity contribution in [3.05, 3.63) is 53.4 Å². The Morgan fingerprint density at radius 3 is 2.39 bits per heavy atom. The fraction of sp³-hybridized carbons (Fsp3) is 0.375. The maximum Gasteiger partial charge on any atom is 0.250 e. The molecule has 0 atom stereocenters. The summed E-state index contributed by atoms with van der Waals surface area (Å²) in [5.74, 6) is 0. The van der Waals surface area contributed by atoms with E-state index in [9.17, 15) is 8.42 Å². The Bertz CT molecular complexity index is 682. The first kappa shape index (κ1) is 18.4. The summed E-state index contributed by atoms with van der Waals surface area (Å²) in [5, 5.41) is 1.79. The SMILES string of the molecule is Cl.O=S(=O)(NC1CCN(Cc2ccccc2)CC1)c1cccs1. The van der Waals surface area contributed by atoms with Crippen molar-refractivity contribution in [2.24, 2.45) is 0 Å². The minimum Gasteiger partial charge on any atom is -0.299 e. The van der Waals surface area contributed by atoms with Gasteiger partial charge in [0.25, 0.3) is 0 Å². The molecule has 23 heavy (non-hydrogen) atoms. The van der Waals surface area contributed by atoms with Crippen LogP contribution in [-0.2, 0) is 16.6 Å². The molecular formula is C16H21ClN2O2S2. The molecule has 1 aromatic heterocycles. The van der Waals surface area contributed by atoms with Crippen LogP contribution in [-0.4, -0.2) is 32.4 Å². The smallest absolute Gasteiger partial charge is 0.250 e. The lowest BCUT2D eigenvalue weighted by Gasteiger charge is -2.32. The zero-order chi connectivity index (χ0) is 15.4. The van der Waals surface area contributed by atoms with Crippen LogP contribution >= 0.6 is 23.7 Å². The Morgan fingerprint density at radius 2 is 1.78 bits per heavy atom.